The van der Waals surface area contributed by atoms with Gasteiger partial charge in [0.2, 0.25) is 0 Å². The first-order chi connectivity index (χ1) is 16.4. The van der Waals surface area contributed by atoms with Crippen LogP contribution < -0.4 is 16.0 Å². The summed E-state index contributed by atoms with van der Waals surface area (Å²) in [7, 11) is 3.65. The Kier molecular flexibility index (Phi) is 13.1. The van der Waals surface area contributed by atoms with Crippen molar-refractivity contribution in [3.8, 4) is 0 Å². The van der Waals surface area contributed by atoms with E-state index in [1.807, 2.05) is 25.2 Å². The molecule has 10 heteroatoms. The summed E-state index contributed by atoms with van der Waals surface area (Å²) in [5, 5.41) is 18.0. The molecule has 34 heavy (non-hydrogen) atoms. The van der Waals surface area contributed by atoms with Crippen LogP contribution in [0.25, 0.3) is 0 Å². The van der Waals surface area contributed by atoms with Crippen molar-refractivity contribution in [1.82, 2.24) is 20.9 Å². The average Bonchev–Trinajstić information content (AvgIpc) is 3.07. The van der Waals surface area contributed by atoms with E-state index in [0.717, 1.165) is 44.5 Å². The van der Waals surface area contributed by atoms with Gasteiger partial charge in [0.25, 0.3) is 0 Å². The van der Waals surface area contributed by atoms with E-state index in [-0.39, 0.29) is 31.3 Å². The lowest BCUT2D eigenvalue weighted by atomic mass is 9.95. The van der Waals surface area contributed by atoms with Gasteiger partial charge in [0.05, 0.1) is 12.7 Å². The van der Waals surface area contributed by atoms with Crippen LogP contribution in [0.1, 0.15) is 43.8 Å². The molecule has 1 heterocycles. The van der Waals surface area contributed by atoms with Crippen molar-refractivity contribution < 1.29 is 24.2 Å². The molecule has 1 aliphatic rings. The summed E-state index contributed by atoms with van der Waals surface area (Å²) in [6.45, 7) is 3.13. The number of likely N-dealkylation sites (N-methyl/N-ethyl adjacent to an activating group) is 1. The van der Waals surface area contributed by atoms with Crippen molar-refractivity contribution in [3.05, 3.63) is 34.9 Å². The van der Waals surface area contributed by atoms with Crippen molar-refractivity contribution in [2.45, 2.75) is 44.2 Å². The molecule has 1 aromatic rings. The molecule has 0 radical (unpaired) electrons. The van der Waals surface area contributed by atoms with Gasteiger partial charge >= 0.3 is 12.1 Å². The molecule has 1 aromatic carbocycles. The molecule has 1 fully saturated rings. The zero-order valence-electron chi connectivity index (χ0n) is 20.2. The van der Waals surface area contributed by atoms with Gasteiger partial charge in [-0.15, -0.1) is 0 Å². The van der Waals surface area contributed by atoms with Crippen LogP contribution in [0.3, 0.4) is 0 Å². The molecular weight excluding hydrogens is 460 g/mol. The van der Waals surface area contributed by atoms with Gasteiger partial charge in [-0.05, 0) is 56.3 Å². The normalized spacial score (nSPS) is 17.9. The quantitative estimate of drug-likeness (QED) is 0.310. The summed E-state index contributed by atoms with van der Waals surface area (Å²) in [6.07, 6.45) is 3.41. The van der Waals surface area contributed by atoms with Crippen LogP contribution in [0.15, 0.2) is 24.3 Å². The highest BCUT2D eigenvalue weighted by molar-refractivity contribution is 6.30. The number of hydrogen-bond acceptors (Lipinski definition) is 5. The summed E-state index contributed by atoms with van der Waals surface area (Å²) in [4.78, 5) is 25.2. The van der Waals surface area contributed by atoms with Crippen molar-refractivity contribution >= 4 is 23.7 Å². The third-order valence-electron chi connectivity index (χ3n) is 5.89. The first-order valence-corrected chi connectivity index (χ1v) is 12.3. The van der Waals surface area contributed by atoms with E-state index in [1.54, 1.807) is 18.0 Å². The smallest absolute Gasteiger partial charge is 0.404 e. The Balaban J connectivity index is 1.90. The fraction of sp³-hybridized carbons (Fsp3) is 0.667. The summed E-state index contributed by atoms with van der Waals surface area (Å²) in [5.74, 6) is 0.450. The average molecular weight is 499 g/mol. The highest BCUT2D eigenvalue weighted by atomic mass is 35.5. The number of ether oxygens (including phenoxy) is 2. The lowest BCUT2D eigenvalue weighted by Crippen LogP contribution is -2.48. The molecule has 0 bridgehead atoms. The first-order valence-electron chi connectivity index (χ1n) is 12.0. The Labute approximate surface area is 207 Å². The van der Waals surface area contributed by atoms with E-state index in [2.05, 4.69) is 16.0 Å². The van der Waals surface area contributed by atoms with Crippen LogP contribution in [-0.4, -0.2) is 81.7 Å². The maximum absolute atomic E-state index is 12.9. The van der Waals surface area contributed by atoms with Crippen LogP contribution in [0.4, 0.5) is 9.59 Å². The molecule has 0 aliphatic carbocycles. The second-order valence-electron chi connectivity index (χ2n) is 8.73. The predicted octanol–water partition coefficient (Wildman–Crippen LogP) is 3.49. The lowest BCUT2D eigenvalue weighted by Gasteiger charge is -2.27. The number of halogens is 1. The zero-order chi connectivity index (χ0) is 24.8. The number of nitrogens with zero attached hydrogens (tertiary/aromatic N) is 1. The molecule has 192 valence electrons. The number of rotatable bonds is 13. The minimum absolute atomic E-state index is 0.0220. The third kappa shape index (κ3) is 10.9. The Hall–Kier alpha value is -2.07. The standard InChI is InChI=1S/C24H39ClN4O5/c1-26-16-21(14-18-6-3-4-12-33-17-18)28-23(30)29(2)11-9-22(34-13-10-27-24(31)32)19-7-5-8-20(25)15-19/h5,7-8,15,18,21-22,26-27H,3-4,6,9-14,16-17H2,1-2H3,(H,28,30)(H,31,32)/t18-,21+,22?/m1/s1. The molecule has 1 aliphatic heterocycles. The number of benzene rings is 1. The molecule has 0 spiro atoms. The molecule has 1 unspecified atom stereocenters. The van der Waals surface area contributed by atoms with E-state index in [1.165, 1.54) is 0 Å². The van der Waals surface area contributed by atoms with Gasteiger partial charge in [0.15, 0.2) is 0 Å². The molecule has 4 N–H and O–H groups in total. The number of amides is 3. The van der Waals surface area contributed by atoms with Crippen LogP contribution in [0.5, 0.6) is 0 Å². The van der Waals surface area contributed by atoms with Crippen LogP contribution in [0, 0.1) is 5.92 Å². The van der Waals surface area contributed by atoms with Crippen molar-refractivity contribution in [2.24, 2.45) is 5.92 Å². The van der Waals surface area contributed by atoms with Crippen molar-refractivity contribution in [1.29, 1.82) is 0 Å². The maximum Gasteiger partial charge on any atom is 0.404 e. The van der Waals surface area contributed by atoms with Crippen molar-refractivity contribution in [3.63, 3.8) is 0 Å². The zero-order valence-corrected chi connectivity index (χ0v) is 21.0. The van der Waals surface area contributed by atoms with Gasteiger partial charge in [0.1, 0.15) is 0 Å². The van der Waals surface area contributed by atoms with Crippen molar-refractivity contribution in [2.75, 3.05) is 53.6 Å². The SMILES string of the molecule is CNC[C@H](C[C@H]1CCCCOC1)NC(=O)N(C)CCC(OCCNC(=O)O)c1cccc(Cl)c1. The van der Waals surface area contributed by atoms with Crippen LogP contribution >= 0.6 is 11.6 Å². The Morgan fingerprint density at radius 1 is 1.35 bits per heavy atom. The first kappa shape index (κ1) is 28.2. The van der Waals surface area contributed by atoms with E-state index >= 15 is 0 Å². The number of carbonyl (C=O) groups excluding carboxylic acids is 1. The van der Waals surface area contributed by atoms with Crippen LogP contribution in [0.2, 0.25) is 5.02 Å². The summed E-state index contributed by atoms with van der Waals surface area (Å²) in [5.41, 5.74) is 0.887. The molecule has 2 rings (SSSR count). The Bertz CT molecular complexity index is 746. The molecule has 0 aromatic heterocycles. The molecule has 3 atom stereocenters. The number of carbonyl (C=O) groups is 2. The molecule has 3 amide bonds. The monoisotopic (exact) mass is 498 g/mol. The number of hydrogen-bond donors (Lipinski definition) is 4. The van der Waals surface area contributed by atoms with E-state index in [4.69, 9.17) is 26.2 Å². The second kappa shape index (κ2) is 15.8. The molecule has 0 saturated carbocycles. The minimum Gasteiger partial charge on any atom is -0.465 e. The van der Waals surface area contributed by atoms with Gasteiger partial charge in [-0.3, -0.25) is 0 Å². The summed E-state index contributed by atoms with van der Waals surface area (Å²) < 4.78 is 11.6. The fourth-order valence-electron chi connectivity index (χ4n) is 4.11. The number of nitrogens with one attached hydrogen (secondary N) is 3. The van der Waals surface area contributed by atoms with E-state index in [0.29, 0.717) is 30.5 Å². The fourth-order valence-corrected chi connectivity index (χ4v) is 4.31. The Morgan fingerprint density at radius 2 is 2.18 bits per heavy atom. The maximum atomic E-state index is 12.9. The second-order valence-corrected chi connectivity index (χ2v) is 9.17. The van der Waals surface area contributed by atoms with E-state index in [9.17, 15) is 9.59 Å². The van der Waals surface area contributed by atoms with Crippen LogP contribution in [-0.2, 0) is 9.47 Å². The van der Waals surface area contributed by atoms with Gasteiger partial charge in [-0.25, -0.2) is 9.59 Å². The highest BCUT2D eigenvalue weighted by Crippen LogP contribution is 2.24. The van der Waals surface area contributed by atoms with Gasteiger partial charge in [-0.1, -0.05) is 30.2 Å². The summed E-state index contributed by atoms with van der Waals surface area (Å²) >= 11 is 6.15. The number of carboxylic acid groups (broad SMARTS) is 1. The van der Waals surface area contributed by atoms with Gasteiger partial charge in [0, 0.05) is 51.0 Å². The highest BCUT2D eigenvalue weighted by Gasteiger charge is 2.22. The summed E-state index contributed by atoms with van der Waals surface area (Å²) in [6, 6.07) is 7.27. The molecular formula is C24H39ClN4O5. The largest absolute Gasteiger partial charge is 0.465 e. The van der Waals surface area contributed by atoms with Gasteiger partial charge in [-0.2, -0.15) is 0 Å². The molecule has 9 nitrogen and oxygen atoms in total. The number of urea groups is 1. The minimum atomic E-state index is -1.09. The Morgan fingerprint density at radius 3 is 2.91 bits per heavy atom. The van der Waals surface area contributed by atoms with Gasteiger partial charge < -0.3 is 35.4 Å². The predicted molar refractivity (Wildman–Crippen MR) is 132 cm³/mol. The third-order valence-corrected chi connectivity index (χ3v) is 6.13. The van der Waals surface area contributed by atoms with E-state index < -0.39 is 6.09 Å². The lowest BCUT2D eigenvalue weighted by molar-refractivity contribution is 0.0442. The topological polar surface area (TPSA) is 112 Å². The molecule has 1 saturated heterocycles.